The molecule has 4 nitrogen and oxygen atoms in total. The van der Waals surface area contributed by atoms with Gasteiger partial charge in [0.2, 0.25) is 0 Å². The van der Waals surface area contributed by atoms with Gasteiger partial charge in [0.15, 0.2) is 0 Å². The lowest BCUT2D eigenvalue weighted by molar-refractivity contribution is 0.0568. The molecule has 104 valence electrons. The van der Waals surface area contributed by atoms with Crippen molar-refractivity contribution in [3.05, 3.63) is 42.4 Å². The normalized spacial score (nSPS) is 11.9. The van der Waals surface area contributed by atoms with E-state index in [1.807, 2.05) is 18.3 Å². The molecule has 3 rings (SSSR count). The van der Waals surface area contributed by atoms with Gasteiger partial charge in [-0.05, 0) is 24.1 Å². The first-order valence-corrected chi connectivity index (χ1v) is 6.37. The molecule has 0 amide bonds. The van der Waals surface area contributed by atoms with Gasteiger partial charge < -0.3 is 0 Å². The van der Waals surface area contributed by atoms with Gasteiger partial charge in [-0.15, -0.1) is 0 Å². The van der Waals surface area contributed by atoms with Crippen molar-refractivity contribution in [3.8, 4) is 11.3 Å². The van der Waals surface area contributed by atoms with Gasteiger partial charge in [0, 0.05) is 23.5 Å². The molecular weight excluding hydrogens is 262 g/mol. The maximum Gasteiger partial charge on any atom is 0.333 e. The highest BCUT2D eigenvalue weighted by atomic mass is 19.3. The Labute approximate surface area is 114 Å². The van der Waals surface area contributed by atoms with E-state index in [2.05, 4.69) is 24.0 Å². The number of nitrogens with zero attached hydrogens (tertiary/aromatic N) is 4. The molecule has 3 aromatic rings. The molecule has 0 aliphatic carbocycles. The highest BCUT2D eigenvalue weighted by molar-refractivity contribution is 5.64. The summed E-state index contributed by atoms with van der Waals surface area (Å²) < 4.78 is 27.4. The minimum absolute atomic E-state index is 0.386. The van der Waals surface area contributed by atoms with Crippen LogP contribution >= 0.6 is 0 Å². The Morgan fingerprint density at radius 1 is 1.15 bits per heavy atom. The number of hydrogen-bond acceptors (Lipinski definition) is 2. The van der Waals surface area contributed by atoms with Gasteiger partial charge in [0.05, 0.1) is 17.4 Å². The predicted octanol–water partition coefficient (Wildman–Crippen LogP) is 3.72. The maximum atomic E-state index is 12.5. The molecule has 0 unspecified atom stereocenters. The second-order valence-corrected chi connectivity index (χ2v) is 4.96. The van der Waals surface area contributed by atoms with Crippen molar-refractivity contribution in [3.63, 3.8) is 0 Å². The number of rotatable bonds is 3. The lowest BCUT2D eigenvalue weighted by Gasteiger charge is -2.03. The van der Waals surface area contributed by atoms with Crippen LogP contribution in [0.25, 0.3) is 16.8 Å². The van der Waals surface area contributed by atoms with Crippen LogP contribution in [0.2, 0.25) is 0 Å². The second-order valence-electron chi connectivity index (χ2n) is 4.96. The molecule has 0 bridgehead atoms. The molecule has 0 saturated heterocycles. The Hall–Kier alpha value is -2.24. The van der Waals surface area contributed by atoms with Crippen LogP contribution in [0.4, 0.5) is 8.78 Å². The quantitative estimate of drug-likeness (QED) is 0.731. The van der Waals surface area contributed by atoms with Crippen molar-refractivity contribution in [2.45, 2.75) is 26.3 Å². The zero-order valence-corrected chi connectivity index (χ0v) is 11.2. The smallest absolute Gasteiger partial charge is 0.240 e. The van der Waals surface area contributed by atoms with Crippen LogP contribution in [-0.2, 0) is 0 Å². The fourth-order valence-electron chi connectivity index (χ4n) is 2.20. The number of halogens is 2. The van der Waals surface area contributed by atoms with Crippen molar-refractivity contribution in [2.24, 2.45) is 0 Å². The second kappa shape index (κ2) is 4.70. The third-order valence-electron chi connectivity index (χ3n) is 3.27. The summed E-state index contributed by atoms with van der Waals surface area (Å²) in [7, 11) is 0. The van der Waals surface area contributed by atoms with E-state index < -0.39 is 6.55 Å². The van der Waals surface area contributed by atoms with Crippen molar-refractivity contribution in [1.29, 1.82) is 0 Å². The fourth-order valence-corrected chi connectivity index (χ4v) is 2.20. The van der Waals surface area contributed by atoms with Crippen molar-refractivity contribution in [1.82, 2.24) is 19.4 Å². The highest BCUT2D eigenvalue weighted by Gasteiger charge is 2.11. The van der Waals surface area contributed by atoms with Gasteiger partial charge in [-0.25, -0.2) is 9.20 Å². The van der Waals surface area contributed by atoms with E-state index in [9.17, 15) is 8.78 Å². The first-order chi connectivity index (χ1) is 9.56. The molecule has 6 heteroatoms. The molecule has 0 atom stereocenters. The topological polar surface area (TPSA) is 35.1 Å². The summed E-state index contributed by atoms with van der Waals surface area (Å²) in [5.41, 5.74) is 3.45. The molecule has 0 fully saturated rings. The lowest BCUT2D eigenvalue weighted by atomic mass is 10.1. The van der Waals surface area contributed by atoms with Gasteiger partial charge >= 0.3 is 6.55 Å². The molecule has 0 N–H and O–H groups in total. The van der Waals surface area contributed by atoms with Crippen LogP contribution in [0.3, 0.4) is 0 Å². The van der Waals surface area contributed by atoms with E-state index >= 15 is 0 Å². The van der Waals surface area contributed by atoms with Crippen molar-refractivity contribution >= 4 is 5.52 Å². The van der Waals surface area contributed by atoms with E-state index in [0.717, 1.165) is 16.6 Å². The van der Waals surface area contributed by atoms with Crippen molar-refractivity contribution < 1.29 is 8.78 Å². The van der Waals surface area contributed by atoms with Crippen molar-refractivity contribution in [2.75, 3.05) is 0 Å². The molecule has 3 aromatic heterocycles. The summed E-state index contributed by atoms with van der Waals surface area (Å²) in [6.45, 7) is 1.59. The Kier molecular flexibility index (Phi) is 3.00. The Morgan fingerprint density at radius 3 is 2.60 bits per heavy atom. The number of alkyl halides is 2. The standard InChI is InChI=1S/C14H14F2N4/c1-9(2)11-7-17-20-8-10(3-4-13(11)20)12-5-6-19(18-12)14(15)16/h3-9,14H,1-2H3. The number of hydrogen-bond donors (Lipinski definition) is 0. The average Bonchev–Trinajstić information content (AvgIpc) is 3.04. The molecule has 0 aliphatic heterocycles. The number of aromatic nitrogens is 4. The van der Waals surface area contributed by atoms with Crippen LogP contribution in [-0.4, -0.2) is 19.4 Å². The summed E-state index contributed by atoms with van der Waals surface area (Å²) in [4.78, 5) is 0. The molecular formula is C14H14F2N4. The van der Waals surface area contributed by atoms with Gasteiger partial charge in [0.25, 0.3) is 0 Å². The zero-order chi connectivity index (χ0) is 14.3. The Morgan fingerprint density at radius 2 is 1.95 bits per heavy atom. The third kappa shape index (κ3) is 2.07. The summed E-state index contributed by atoms with van der Waals surface area (Å²) in [5, 5.41) is 8.16. The predicted molar refractivity (Wildman–Crippen MR) is 71.8 cm³/mol. The molecule has 0 aliphatic rings. The van der Waals surface area contributed by atoms with Crippen LogP contribution in [0, 0.1) is 0 Å². The summed E-state index contributed by atoms with van der Waals surface area (Å²) >= 11 is 0. The number of fused-ring (bicyclic) bond motifs is 1. The average molecular weight is 276 g/mol. The van der Waals surface area contributed by atoms with Gasteiger partial charge in [-0.3, -0.25) is 0 Å². The molecule has 20 heavy (non-hydrogen) atoms. The van der Waals surface area contributed by atoms with Crippen LogP contribution in [0.15, 0.2) is 36.8 Å². The molecule has 0 aromatic carbocycles. The van der Waals surface area contributed by atoms with Crippen LogP contribution < -0.4 is 0 Å². The fraction of sp³-hybridized carbons (Fsp3) is 0.286. The summed E-state index contributed by atoms with van der Waals surface area (Å²) in [5.74, 6) is 0.386. The molecule has 0 saturated carbocycles. The van der Waals surface area contributed by atoms with E-state index in [1.54, 1.807) is 16.8 Å². The van der Waals surface area contributed by atoms with Gasteiger partial charge in [-0.1, -0.05) is 13.8 Å². The number of pyridine rings is 1. The van der Waals surface area contributed by atoms with Gasteiger partial charge in [-0.2, -0.15) is 19.0 Å². The maximum absolute atomic E-state index is 12.5. The summed E-state index contributed by atoms with van der Waals surface area (Å²) in [6, 6.07) is 5.39. The first-order valence-electron chi connectivity index (χ1n) is 6.37. The van der Waals surface area contributed by atoms with Crippen LogP contribution in [0.5, 0.6) is 0 Å². The zero-order valence-electron chi connectivity index (χ0n) is 11.2. The minimum atomic E-state index is -2.62. The largest absolute Gasteiger partial charge is 0.333 e. The van der Waals surface area contributed by atoms with E-state index in [1.165, 1.54) is 6.20 Å². The molecule has 0 radical (unpaired) electrons. The highest BCUT2D eigenvalue weighted by Crippen LogP contribution is 2.24. The Bertz CT molecular complexity index is 743. The summed E-state index contributed by atoms with van der Waals surface area (Å²) in [6.07, 6.45) is 4.91. The van der Waals surface area contributed by atoms with E-state index in [0.29, 0.717) is 16.3 Å². The SMILES string of the molecule is CC(C)c1cnn2cc(-c3ccn(C(F)F)n3)ccc12. The first kappa shape index (κ1) is 12.8. The van der Waals surface area contributed by atoms with E-state index in [-0.39, 0.29) is 0 Å². The monoisotopic (exact) mass is 276 g/mol. The minimum Gasteiger partial charge on any atom is -0.240 e. The molecule has 0 spiro atoms. The lowest BCUT2D eigenvalue weighted by Crippen LogP contribution is -1.98. The van der Waals surface area contributed by atoms with E-state index in [4.69, 9.17) is 0 Å². The van der Waals surface area contributed by atoms with Crippen LogP contribution in [0.1, 0.15) is 31.9 Å². The Balaban J connectivity index is 2.04. The molecule has 3 heterocycles. The third-order valence-corrected chi connectivity index (χ3v) is 3.27. The van der Waals surface area contributed by atoms with Gasteiger partial charge in [0.1, 0.15) is 0 Å².